The summed E-state index contributed by atoms with van der Waals surface area (Å²) in [5.41, 5.74) is -3.02. The molecule has 0 fully saturated rings. The summed E-state index contributed by atoms with van der Waals surface area (Å²) >= 11 is 0. The fraction of sp³-hybridized carbons (Fsp3) is 0.684. The first-order valence-corrected chi connectivity index (χ1v) is 10.6. The van der Waals surface area contributed by atoms with Gasteiger partial charge in [-0.1, -0.05) is 13.3 Å². The molecule has 5 nitrogen and oxygen atoms in total. The number of unbranched alkanes of at least 4 members (excludes halogenated alkanes) is 1. The summed E-state index contributed by atoms with van der Waals surface area (Å²) in [4.78, 5) is 0. The molecule has 0 bridgehead atoms. The quantitative estimate of drug-likeness (QED) is 0.359. The van der Waals surface area contributed by atoms with Crippen molar-refractivity contribution < 1.29 is 35.2 Å². The van der Waals surface area contributed by atoms with E-state index in [1.54, 1.807) is 6.92 Å². The van der Waals surface area contributed by atoms with Gasteiger partial charge in [-0.2, -0.15) is 21.6 Å². The first-order valence-electron chi connectivity index (χ1n) is 9.23. The molecule has 1 aliphatic rings. The summed E-state index contributed by atoms with van der Waals surface area (Å²) in [7, 11) is -5.66. The lowest BCUT2D eigenvalue weighted by Gasteiger charge is -2.37. The van der Waals surface area contributed by atoms with E-state index < -0.39 is 27.8 Å². The van der Waals surface area contributed by atoms with Gasteiger partial charge in [-0.15, -0.1) is 0 Å². The third-order valence-electron chi connectivity index (χ3n) is 5.11. The third kappa shape index (κ3) is 4.56. The molecule has 2 rings (SSSR count). The second kappa shape index (κ2) is 8.10. The fourth-order valence-electron chi connectivity index (χ4n) is 3.19. The maximum absolute atomic E-state index is 12.5. The monoisotopic (exact) mass is 424 g/mol. The predicted octanol–water partition coefficient (Wildman–Crippen LogP) is 4.74. The maximum atomic E-state index is 12.5. The molecule has 0 saturated heterocycles. The first-order chi connectivity index (χ1) is 12.8. The van der Waals surface area contributed by atoms with Crippen molar-refractivity contribution in [3.63, 3.8) is 0 Å². The number of hydrogen-bond donors (Lipinski definition) is 0. The zero-order valence-electron chi connectivity index (χ0n) is 16.8. The molecular weight excluding hydrogens is 397 g/mol. The number of rotatable bonds is 7. The SMILES string of the molecule is CCCCOc1c(C)c(C)c2c(c1C)CC[C@](C)(COS(=O)(=O)C(F)(F)F)O2. The molecule has 0 aromatic heterocycles. The van der Waals surface area contributed by atoms with Crippen molar-refractivity contribution >= 4 is 10.1 Å². The van der Waals surface area contributed by atoms with E-state index in [4.69, 9.17) is 9.47 Å². The Morgan fingerprint density at radius 3 is 2.36 bits per heavy atom. The number of fused-ring (bicyclic) bond motifs is 1. The van der Waals surface area contributed by atoms with Crippen LogP contribution in [0, 0.1) is 20.8 Å². The Morgan fingerprint density at radius 2 is 1.79 bits per heavy atom. The van der Waals surface area contributed by atoms with Crippen molar-refractivity contribution in [2.75, 3.05) is 13.2 Å². The number of hydrogen-bond acceptors (Lipinski definition) is 5. The number of benzene rings is 1. The van der Waals surface area contributed by atoms with Crippen LogP contribution in [0.15, 0.2) is 0 Å². The zero-order valence-corrected chi connectivity index (χ0v) is 17.6. The molecule has 1 aromatic rings. The Labute approximate surface area is 164 Å². The van der Waals surface area contributed by atoms with Gasteiger partial charge in [0.05, 0.1) is 6.61 Å². The summed E-state index contributed by atoms with van der Waals surface area (Å²) in [5, 5.41) is 0. The van der Waals surface area contributed by atoms with Gasteiger partial charge in [0, 0.05) is 5.56 Å². The Hall–Kier alpha value is -1.48. The molecule has 0 spiro atoms. The standard InChI is InChI=1S/C19H27F3O5S/c1-6-7-10-25-16-12(2)13(3)17-15(14(16)4)8-9-18(5,27-17)11-26-28(23,24)19(20,21)22/h6-11H2,1-5H3/t18-/m1/s1. The summed E-state index contributed by atoms with van der Waals surface area (Å²) in [5.74, 6) is 1.38. The van der Waals surface area contributed by atoms with Gasteiger partial charge in [0.2, 0.25) is 0 Å². The molecule has 160 valence electrons. The van der Waals surface area contributed by atoms with E-state index in [1.165, 1.54) is 0 Å². The number of ether oxygens (including phenoxy) is 2. The lowest BCUT2D eigenvalue weighted by molar-refractivity contribution is -0.0606. The van der Waals surface area contributed by atoms with E-state index in [1.807, 2.05) is 20.8 Å². The van der Waals surface area contributed by atoms with Gasteiger partial charge in [-0.05, 0) is 63.6 Å². The van der Waals surface area contributed by atoms with Crippen molar-refractivity contribution in [1.82, 2.24) is 0 Å². The van der Waals surface area contributed by atoms with Gasteiger partial charge >= 0.3 is 15.6 Å². The van der Waals surface area contributed by atoms with Crippen LogP contribution in [0.3, 0.4) is 0 Å². The van der Waals surface area contributed by atoms with Crippen LogP contribution in [0.4, 0.5) is 13.2 Å². The molecule has 0 N–H and O–H groups in total. The van der Waals surface area contributed by atoms with Gasteiger partial charge in [0.25, 0.3) is 0 Å². The van der Waals surface area contributed by atoms with E-state index in [0.29, 0.717) is 25.2 Å². The fourth-order valence-corrected chi connectivity index (χ4v) is 3.73. The Bertz CT molecular complexity index is 833. The van der Waals surface area contributed by atoms with Crippen LogP contribution in [-0.4, -0.2) is 32.7 Å². The highest BCUT2D eigenvalue weighted by Crippen LogP contribution is 2.44. The van der Waals surface area contributed by atoms with E-state index >= 15 is 0 Å². The van der Waals surface area contributed by atoms with Crippen LogP contribution >= 0.6 is 0 Å². The molecule has 9 heteroatoms. The Kier molecular flexibility index (Phi) is 6.60. The van der Waals surface area contributed by atoms with Gasteiger partial charge in [0.15, 0.2) is 0 Å². The molecule has 0 amide bonds. The summed E-state index contributed by atoms with van der Waals surface area (Å²) in [6, 6.07) is 0. The zero-order chi connectivity index (χ0) is 21.3. The molecule has 0 unspecified atom stereocenters. The predicted molar refractivity (Wildman–Crippen MR) is 99.3 cm³/mol. The summed E-state index contributed by atoms with van der Waals surface area (Å²) < 4.78 is 76.2. The van der Waals surface area contributed by atoms with Crippen molar-refractivity contribution in [3.8, 4) is 11.5 Å². The van der Waals surface area contributed by atoms with Gasteiger partial charge in [-0.3, -0.25) is 4.18 Å². The van der Waals surface area contributed by atoms with Crippen molar-refractivity contribution in [2.45, 2.75) is 71.4 Å². The highest BCUT2D eigenvalue weighted by molar-refractivity contribution is 7.87. The summed E-state index contributed by atoms with van der Waals surface area (Å²) in [6.07, 6.45) is 2.81. The average Bonchev–Trinajstić information content (AvgIpc) is 2.60. The lowest BCUT2D eigenvalue weighted by atomic mass is 9.87. The smallest absolute Gasteiger partial charge is 0.493 e. The van der Waals surface area contributed by atoms with Crippen LogP contribution in [0.2, 0.25) is 0 Å². The molecular formula is C19H27F3O5S. The Balaban J connectivity index is 2.27. The number of alkyl halides is 3. The lowest BCUT2D eigenvalue weighted by Crippen LogP contribution is -2.43. The second-order valence-electron chi connectivity index (χ2n) is 7.43. The molecule has 28 heavy (non-hydrogen) atoms. The van der Waals surface area contributed by atoms with E-state index in [9.17, 15) is 21.6 Å². The van der Waals surface area contributed by atoms with E-state index in [0.717, 1.165) is 40.8 Å². The van der Waals surface area contributed by atoms with E-state index in [-0.39, 0.29) is 0 Å². The molecule has 1 aromatic carbocycles. The second-order valence-corrected chi connectivity index (χ2v) is 9.03. The Morgan fingerprint density at radius 1 is 1.14 bits per heavy atom. The van der Waals surface area contributed by atoms with Crippen LogP contribution in [0.1, 0.15) is 55.4 Å². The molecule has 0 saturated carbocycles. The molecule has 0 radical (unpaired) electrons. The van der Waals surface area contributed by atoms with Crippen LogP contribution in [0.25, 0.3) is 0 Å². The molecule has 0 aliphatic carbocycles. The van der Waals surface area contributed by atoms with E-state index in [2.05, 4.69) is 11.1 Å². The largest absolute Gasteiger partial charge is 0.523 e. The van der Waals surface area contributed by atoms with Crippen LogP contribution in [-0.2, 0) is 20.7 Å². The van der Waals surface area contributed by atoms with Crippen molar-refractivity contribution in [2.24, 2.45) is 0 Å². The van der Waals surface area contributed by atoms with Gasteiger partial charge < -0.3 is 9.47 Å². The summed E-state index contributed by atoms with van der Waals surface area (Å²) in [6.45, 7) is 9.24. The van der Waals surface area contributed by atoms with Crippen molar-refractivity contribution in [1.29, 1.82) is 0 Å². The highest BCUT2D eigenvalue weighted by Gasteiger charge is 2.49. The highest BCUT2D eigenvalue weighted by atomic mass is 32.2. The van der Waals surface area contributed by atoms with Crippen LogP contribution in [0.5, 0.6) is 11.5 Å². The molecule has 1 aliphatic heterocycles. The molecule has 1 heterocycles. The minimum absolute atomic E-state index is 0.325. The minimum atomic E-state index is -5.66. The van der Waals surface area contributed by atoms with Gasteiger partial charge in [-0.25, -0.2) is 0 Å². The van der Waals surface area contributed by atoms with Crippen LogP contribution < -0.4 is 9.47 Å². The molecule has 1 atom stereocenters. The van der Waals surface area contributed by atoms with Gasteiger partial charge in [0.1, 0.15) is 23.7 Å². The third-order valence-corrected chi connectivity index (χ3v) is 6.11. The topological polar surface area (TPSA) is 61.8 Å². The average molecular weight is 424 g/mol. The minimum Gasteiger partial charge on any atom is -0.493 e. The number of halogens is 3. The first kappa shape index (κ1) is 22.8. The normalized spacial score (nSPS) is 19.9. The van der Waals surface area contributed by atoms with Crippen molar-refractivity contribution in [3.05, 3.63) is 22.3 Å². The maximum Gasteiger partial charge on any atom is 0.523 e.